The van der Waals surface area contributed by atoms with Gasteiger partial charge in [-0.2, -0.15) is 0 Å². The fourth-order valence-corrected chi connectivity index (χ4v) is 4.50. The van der Waals surface area contributed by atoms with E-state index in [1.807, 2.05) is 32.0 Å². The highest BCUT2D eigenvalue weighted by molar-refractivity contribution is 7.22. The van der Waals surface area contributed by atoms with Crippen LogP contribution in [-0.2, 0) is 6.42 Å². The average Bonchev–Trinajstić information content (AvgIpc) is 3.23. The maximum absolute atomic E-state index is 13.5. The lowest BCUT2D eigenvalue weighted by Crippen LogP contribution is -2.38. The van der Waals surface area contributed by atoms with E-state index in [2.05, 4.69) is 16.8 Å². The molecule has 0 spiro atoms. The van der Waals surface area contributed by atoms with E-state index in [0.717, 1.165) is 53.5 Å². The Balaban J connectivity index is 0.00000408. The standard InChI is InChI=1S/C22H25N5O5S.ClH/c1-4-15-7-8-19-20(11-15)33-22(23-19)25(10-9-24(5-2)6-3)21(28)16-12-17(26(29)30)14-18(13-16)27(31)32;/h7-8,11-14H,4-6,9-10H2,1-3H3;1H. The van der Waals surface area contributed by atoms with Gasteiger partial charge in [0.05, 0.1) is 31.7 Å². The number of nitro benzene ring substituents is 2. The van der Waals surface area contributed by atoms with E-state index in [4.69, 9.17) is 0 Å². The predicted molar refractivity (Wildman–Crippen MR) is 135 cm³/mol. The molecule has 1 heterocycles. The number of aryl methyl sites for hydroxylation is 1. The molecule has 0 saturated carbocycles. The highest BCUT2D eigenvalue weighted by atomic mass is 35.5. The van der Waals surface area contributed by atoms with Crippen molar-refractivity contribution in [2.24, 2.45) is 0 Å². The molecular formula is C22H26ClN5O5S. The molecule has 3 aromatic rings. The highest BCUT2D eigenvalue weighted by Crippen LogP contribution is 2.32. The second-order valence-corrected chi connectivity index (χ2v) is 8.40. The van der Waals surface area contributed by atoms with Crippen LogP contribution in [0.25, 0.3) is 10.2 Å². The molecule has 3 rings (SSSR count). The van der Waals surface area contributed by atoms with Gasteiger partial charge in [-0.1, -0.05) is 38.2 Å². The maximum Gasteiger partial charge on any atom is 0.277 e. The number of rotatable bonds is 10. The molecule has 0 saturated heterocycles. The van der Waals surface area contributed by atoms with Crippen LogP contribution in [0.3, 0.4) is 0 Å². The summed E-state index contributed by atoms with van der Waals surface area (Å²) in [6.45, 7) is 8.52. The first-order valence-corrected chi connectivity index (χ1v) is 11.5. The normalized spacial score (nSPS) is 10.8. The van der Waals surface area contributed by atoms with Crippen LogP contribution in [0.1, 0.15) is 36.7 Å². The fourth-order valence-electron chi connectivity index (χ4n) is 3.44. The molecule has 0 aliphatic rings. The molecule has 0 atom stereocenters. The van der Waals surface area contributed by atoms with Gasteiger partial charge in [-0.3, -0.25) is 29.9 Å². The van der Waals surface area contributed by atoms with Crippen LogP contribution in [0.5, 0.6) is 0 Å². The van der Waals surface area contributed by atoms with E-state index in [1.165, 1.54) is 16.2 Å². The first-order valence-electron chi connectivity index (χ1n) is 10.6. The number of nitro groups is 2. The number of nitrogens with zero attached hydrogens (tertiary/aromatic N) is 5. The van der Waals surface area contributed by atoms with Gasteiger partial charge in [0.15, 0.2) is 5.13 Å². The molecule has 2 aromatic carbocycles. The summed E-state index contributed by atoms with van der Waals surface area (Å²) in [5, 5.41) is 23.1. The Bertz CT molecular complexity index is 1170. The van der Waals surface area contributed by atoms with Gasteiger partial charge in [-0.05, 0) is 37.2 Å². The number of hydrogen-bond acceptors (Lipinski definition) is 8. The summed E-state index contributed by atoms with van der Waals surface area (Å²) in [5.41, 5.74) is 0.760. The van der Waals surface area contributed by atoms with Crippen LogP contribution < -0.4 is 4.90 Å². The van der Waals surface area contributed by atoms with Crippen LogP contribution in [0, 0.1) is 20.2 Å². The fraction of sp³-hybridized carbons (Fsp3) is 0.364. The number of carbonyl (C=O) groups excluding carboxylic acids is 1. The zero-order valence-corrected chi connectivity index (χ0v) is 20.7. The number of anilines is 1. The Kier molecular flexibility index (Phi) is 9.42. The number of non-ortho nitro benzene ring substituents is 2. The van der Waals surface area contributed by atoms with Crippen LogP contribution >= 0.6 is 23.7 Å². The number of carbonyl (C=O) groups is 1. The van der Waals surface area contributed by atoms with Gasteiger partial charge < -0.3 is 4.90 Å². The Morgan fingerprint density at radius 1 is 0.971 bits per heavy atom. The first kappa shape index (κ1) is 27.1. The summed E-state index contributed by atoms with van der Waals surface area (Å²) < 4.78 is 0.926. The van der Waals surface area contributed by atoms with Crippen molar-refractivity contribution in [1.29, 1.82) is 0 Å². The minimum absolute atomic E-state index is 0. The molecule has 0 fully saturated rings. The predicted octanol–water partition coefficient (Wildman–Crippen LogP) is 5.09. The Morgan fingerprint density at radius 2 is 1.59 bits per heavy atom. The van der Waals surface area contributed by atoms with Crippen molar-refractivity contribution in [3.8, 4) is 0 Å². The third kappa shape index (κ3) is 6.04. The van der Waals surface area contributed by atoms with E-state index in [-0.39, 0.29) is 24.5 Å². The number of hydrogen-bond donors (Lipinski definition) is 0. The van der Waals surface area contributed by atoms with E-state index in [1.54, 1.807) is 0 Å². The number of benzene rings is 2. The molecule has 0 aliphatic heterocycles. The number of aromatic nitrogens is 1. The topological polar surface area (TPSA) is 123 Å². The van der Waals surface area contributed by atoms with E-state index in [0.29, 0.717) is 11.7 Å². The van der Waals surface area contributed by atoms with Gasteiger partial charge in [0.25, 0.3) is 17.3 Å². The summed E-state index contributed by atoms with van der Waals surface area (Å²) in [6, 6.07) is 8.91. The molecular weight excluding hydrogens is 482 g/mol. The van der Waals surface area contributed by atoms with Crippen molar-refractivity contribution < 1.29 is 14.6 Å². The van der Waals surface area contributed by atoms with Gasteiger partial charge in [0.2, 0.25) is 0 Å². The first-order chi connectivity index (χ1) is 15.8. The van der Waals surface area contributed by atoms with Gasteiger partial charge in [-0.25, -0.2) is 4.98 Å². The van der Waals surface area contributed by atoms with Crippen LogP contribution in [0.4, 0.5) is 16.5 Å². The molecule has 182 valence electrons. The molecule has 0 unspecified atom stereocenters. The number of likely N-dealkylation sites (N-methyl/N-ethyl adjacent to an activating group) is 1. The molecule has 1 aromatic heterocycles. The number of halogens is 1. The molecule has 1 amide bonds. The van der Waals surface area contributed by atoms with Crippen molar-refractivity contribution >= 4 is 56.4 Å². The molecule has 12 heteroatoms. The second kappa shape index (κ2) is 11.8. The van der Waals surface area contributed by atoms with Crippen molar-refractivity contribution in [2.75, 3.05) is 31.1 Å². The van der Waals surface area contributed by atoms with Crippen molar-refractivity contribution in [2.45, 2.75) is 27.2 Å². The summed E-state index contributed by atoms with van der Waals surface area (Å²) in [4.78, 5) is 42.8. The van der Waals surface area contributed by atoms with Gasteiger partial charge in [0.1, 0.15) is 0 Å². The third-order valence-electron chi connectivity index (χ3n) is 5.43. The van der Waals surface area contributed by atoms with E-state index < -0.39 is 27.1 Å². The lowest BCUT2D eigenvalue weighted by molar-refractivity contribution is -0.394. The summed E-state index contributed by atoms with van der Waals surface area (Å²) in [5.74, 6) is -0.566. The molecule has 34 heavy (non-hydrogen) atoms. The summed E-state index contributed by atoms with van der Waals surface area (Å²) in [6.07, 6.45) is 0.866. The molecule has 10 nitrogen and oxygen atoms in total. The van der Waals surface area contributed by atoms with Crippen LogP contribution in [0.2, 0.25) is 0 Å². The van der Waals surface area contributed by atoms with Crippen LogP contribution in [0.15, 0.2) is 36.4 Å². The van der Waals surface area contributed by atoms with Crippen molar-refractivity contribution in [1.82, 2.24) is 9.88 Å². The zero-order chi connectivity index (χ0) is 24.1. The lowest BCUT2D eigenvalue weighted by atomic mass is 10.1. The van der Waals surface area contributed by atoms with Crippen molar-refractivity contribution in [3.63, 3.8) is 0 Å². The third-order valence-corrected chi connectivity index (χ3v) is 6.47. The zero-order valence-electron chi connectivity index (χ0n) is 19.1. The van der Waals surface area contributed by atoms with E-state index in [9.17, 15) is 25.0 Å². The summed E-state index contributed by atoms with van der Waals surface area (Å²) in [7, 11) is 0. The quantitative estimate of drug-likeness (QED) is 0.276. The number of thiazole rings is 1. The number of amides is 1. The molecule has 0 radical (unpaired) electrons. The maximum atomic E-state index is 13.5. The van der Waals surface area contributed by atoms with Crippen LogP contribution in [-0.4, -0.2) is 51.8 Å². The highest BCUT2D eigenvalue weighted by Gasteiger charge is 2.26. The monoisotopic (exact) mass is 507 g/mol. The van der Waals surface area contributed by atoms with E-state index >= 15 is 0 Å². The van der Waals surface area contributed by atoms with Gasteiger partial charge >= 0.3 is 0 Å². The minimum Gasteiger partial charge on any atom is -0.302 e. The Hall–Kier alpha value is -3.15. The largest absolute Gasteiger partial charge is 0.302 e. The molecule has 0 bridgehead atoms. The van der Waals surface area contributed by atoms with Crippen molar-refractivity contribution in [3.05, 3.63) is 67.8 Å². The SMILES string of the molecule is CCc1ccc2nc(N(CCN(CC)CC)C(=O)c3cc([N+](=O)[O-])cc([N+](=O)[O-])c3)sc2c1.Cl. The smallest absolute Gasteiger partial charge is 0.277 e. The number of fused-ring (bicyclic) bond motifs is 1. The average molecular weight is 508 g/mol. The second-order valence-electron chi connectivity index (χ2n) is 7.39. The Morgan fingerprint density at radius 3 is 2.12 bits per heavy atom. The summed E-state index contributed by atoms with van der Waals surface area (Å²) >= 11 is 1.35. The minimum atomic E-state index is -0.742. The van der Waals surface area contributed by atoms with Gasteiger partial charge in [-0.15, -0.1) is 12.4 Å². The molecule has 0 aliphatic carbocycles. The lowest BCUT2D eigenvalue weighted by Gasteiger charge is -2.24. The van der Waals surface area contributed by atoms with Gasteiger partial charge in [0, 0.05) is 25.2 Å². The Labute approximate surface area is 206 Å². The molecule has 0 N–H and O–H groups in total.